The van der Waals surface area contributed by atoms with Crippen molar-refractivity contribution in [2.75, 3.05) is 0 Å². The molecule has 0 fully saturated rings. The molecule has 0 aliphatic rings. The van der Waals surface area contributed by atoms with Gasteiger partial charge in [0.25, 0.3) is 0 Å². The quantitative estimate of drug-likeness (QED) is 0.618. The van der Waals surface area contributed by atoms with Gasteiger partial charge < -0.3 is 4.42 Å². The summed E-state index contributed by atoms with van der Waals surface area (Å²) in [5.41, 5.74) is 6.35. The van der Waals surface area contributed by atoms with E-state index in [-0.39, 0.29) is 0 Å². The largest absolute Gasteiger partial charge is 0.435 e. The van der Waals surface area contributed by atoms with Gasteiger partial charge in [0, 0.05) is 5.56 Å². The lowest BCUT2D eigenvalue weighted by Gasteiger charge is -2.01. The average Bonchev–Trinajstić information content (AvgIpc) is 2.81. The molecular weight excluding hydrogens is 302 g/mol. The summed E-state index contributed by atoms with van der Waals surface area (Å²) < 4.78 is 6.90. The van der Waals surface area contributed by atoms with E-state index in [0.717, 1.165) is 21.1 Å². The molecule has 0 N–H and O–H groups in total. The van der Waals surface area contributed by atoms with E-state index < -0.39 is 0 Å². The standard InChI is InChI=1S/C16H14BrNO/c1-9-4-6-12(7-5-9)16-18-13-8-10(2)11(3)14(17)15(13)19-16/h4-8H,1-3H3. The first-order valence-corrected chi connectivity index (χ1v) is 6.99. The molecule has 1 heterocycles. The minimum atomic E-state index is 0.667. The van der Waals surface area contributed by atoms with Crippen molar-refractivity contribution in [1.29, 1.82) is 0 Å². The summed E-state index contributed by atoms with van der Waals surface area (Å²) in [5.74, 6) is 0.667. The van der Waals surface area contributed by atoms with Gasteiger partial charge in [-0.1, -0.05) is 17.7 Å². The third-order valence-corrected chi connectivity index (χ3v) is 4.38. The van der Waals surface area contributed by atoms with Crippen LogP contribution in [-0.4, -0.2) is 4.98 Å². The highest BCUT2D eigenvalue weighted by Crippen LogP contribution is 2.33. The highest BCUT2D eigenvalue weighted by Gasteiger charge is 2.13. The van der Waals surface area contributed by atoms with Gasteiger partial charge in [0.15, 0.2) is 5.58 Å². The number of oxazole rings is 1. The van der Waals surface area contributed by atoms with Crippen molar-refractivity contribution < 1.29 is 4.42 Å². The molecule has 0 radical (unpaired) electrons. The van der Waals surface area contributed by atoms with E-state index in [0.29, 0.717) is 5.89 Å². The number of fused-ring (bicyclic) bond motifs is 1. The molecule has 3 heteroatoms. The van der Waals surface area contributed by atoms with Crippen LogP contribution in [0.25, 0.3) is 22.6 Å². The molecule has 0 atom stereocenters. The first kappa shape index (κ1) is 12.4. The molecule has 2 aromatic carbocycles. The highest BCUT2D eigenvalue weighted by atomic mass is 79.9. The fraction of sp³-hybridized carbons (Fsp3) is 0.188. The van der Waals surface area contributed by atoms with Crippen LogP contribution in [0.1, 0.15) is 16.7 Å². The van der Waals surface area contributed by atoms with E-state index in [9.17, 15) is 0 Å². The number of halogens is 1. The van der Waals surface area contributed by atoms with Crippen LogP contribution >= 0.6 is 15.9 Å². The van der Waals surface area contributed by atoms with Gasteiger partial charge in [-0.2, -0.15) is 0 Å². The van der Waals surface area contributed by atoms with Crippen molar-refractivity contribution in [2.24, 2.45) is 0 Å². The van der Waals surface area contributed by atoms with Crippen molar-refractivity contribution in [3.63, 3.8) is 0 Å². The first-order valence-electron chi connectivity index (χ1n) is 6.19. The second-order valence-corrected chi connectivity index (χ2v) is 5.66. The number of hydrogen-bond donors (Lipinski definition) is 0. The summed E-state index contributed by atoms with van der Waals surface area (Å²) in [6.45, 7) is 6.23. The van der Waals surface area contributed by atoms with Crippen molar-refractivity contribution >= 4 is 27.0 Å². The van der Waals surface area contributed by atoms with E-state index in [4.69, 9.17) is 4.42 Å². The Kier molecular flexibility index (Phi) is 2.94. The molecule has 0 saturated carbocycles. The normalized spacial score (nSPS) is 11.2. The maximum absolute atomic E-state index is 5.90. The van der Waals surface area contributed by atoms with Crippen LogP contribution < -0.4 is 0 Å². The Balaban J connectivity index is 2.22. The zero-order chi connectivity index (χ0) is 13.6. The smallest absolute Gasteiger partial charge is 0.227 e. The van der Waals surface area contributed by atoms with E-state index in [1.165, 1.54) is 16.7 Å². The number of nitrogens with zero attached hydrogens (tertiary/aromatic N) is 1. The van der Waals surface area contributed by atoms with Gasteiger partial charge in [0.1, 0.15) is 5.52 Å². The molecule has 1 aromatic heterocycles. The molecule has 3 aromatic rings. The lowest BCUT2D eigenvalue weighted by atomic mass is 10.1. The number of hydrogen-bond acceptors (Lipinski definition) is 2. The Morgan fingerprint density at radius 1 is 1.05 bits per heavy atom. The van der Waals surface area contributed by atoms with Gasteiger partial charge in [-0.3, -0.25) is 0 Å². The minimum Gasteiger partial charge on any atom is -0.435 e. The van der Waals surface area contributed by atoms with Gasteiger partial charge in [-0.15, -0.1) is 0 Å². The van der Waals surface area contributed by atoms with Crippen molar-refractivity contribution in [3.05, 3.63) is 51.5 Å². The van der Waals surface area contributed by atoms with Crippen LogP contribution in [0.3, 0.4) is 0 Å². The molecule has 0 unspecified atom stereocenters. The summed E-state index contributed by atoms with van der Waals surface area (Å²) in [6, 6.07) is 10.3. The summed E-state index contributed by atoms with van der Waals surface area (Å²) in [5, 5.41) is 0. The molecule has 3 rings (SSSR count). The van der Waals surface area contributed by atoms with Gasteiger partial charge >= 0.3 is 0 Å². The molecule has 0 amide bonds. The Labute approximate surface area is 120 Å². The maximum Gasteiger partial charge on any atom is 0.227 e. The maximum atomic E-state index is 5.90. The summed E-state index contributed by atoms with van der Waals surface area (Å²) in [6.07, 6.45) is 0. The third kappa shape index (κ3) is 2.08. The average molecular weight is 316 g/mol. The highest BCUT2D eigenvalue weighted by molar-refractivity contribution is 9.10. The molecule has 19 heavy (non-hydrogen) atoms. The van der Waals surface area contributed by atoms with Crippen molar-refractivity contribution in [2.45, 2.75) is 20.8 Å². The van der Waals surface area contributed by atoms with Crippen molar-refractivity contribution in [1.82, 2.24) is 4.98 Å². The SMILES string of the molecule is Cc1ccc(-c2nc3cc(C)c(C)c(Br)c3o2)cc1. The van der Waals surface area contributed by atoms with Crippen LogP contribution in [0.2, 0.25) is 0 Å². The van der Waals surface area contributed by atoms with Crippen LogP contribution in [-0.2, 0) is 0 Å². The molecular formula is C16H14BrNO. The Hall–Kier alpha value is -1.61. The van der Waals surface area contributed by atoms with Crippen molar-refractivity contribution in [3.8, 4) is 11.5 Å². The van der Waals surface area contributed by atoms with Crippen LogP contribution in [0.4, 0.5) is 0 Å². The molecule has 0 bridgehead atoms. The lowest BCUT2D eigenvalue weighted by Crippen LogP contribution is -1.83. The minimum absolute atomic E-state index is 0.667. The predicted octanol–water partition coefficient (Wildman–Crippen LogP) is 5.18. The van der Waals surface area contributed by atoms with E-state index in [1.54, 1.807) is 0 Å². The van der Waals surface area contributed by atoms with E-state index in [1.807, 2.05) is 12.1 Å². The van der Waals surface area contributed by atoms with Gasteiger partial charge in [0.2, 0.25) is 5.89 Å². The molecule has 0 aliphatic heterocycles. The number of aryl methyl sites for hydroxylation is 2. The number of rotatable bonds is 1. The zero-order valence-electron chi connectivity index (χ0n) is 11.1. The lowest BCUT2D eigenvalue weighted by molar-refractivity contribution is 0.617. The van der Waals surface area contributed by atoms with Gasteiger partial charge in [-0.05, 0) is 66.0 Å². The predicted molar refractivity (Wildman–Crippen MR) is 81.4 cm³/mol. The Morgan fingerprint density at radius 3 is 2.42 bits per heavy atom. The summed E-state index contributed by atoms with van der Waals surface area (Å²) in [4.78, 5) is 4.58. The Morgan fingerprint density at radius 2 is 1.74 bits per heavy atom. The summed E-state index contributed by atoms with van der Waals surface area (Å²) in [7, 11) is 0. The first-order chi connectivity index (χ1) is 9.06. The fourth-order valence-electron chi connectivity index (χ4n) is 2.06. The fourth-order valence-corrected chi connectivity index (χ4v) is 2.66. The molecule has 96 valence electrons. The van der Waals surface area contributed by atoms with Crippen LogP contribution in [0, 0.1) is 20.8 Å². The third-order valence-electron chi connectivity index (χ3n) is 3.43. The van der Waals surface area contributed by atoms with E-state index >= 15 is 0 Å². The Bertz CT molecular complexity index is 757. The second-order valence-electron chi connectivity index (χ2n) is 4.87. The van der Waals surface area contributed by atoms with Gasteiger partial charge in [-0.25, -0.2) is 4.98 Å². The number of aromatic nitrogens is 1. The zero-order valence-corrected chi connectivity index (χ0v) is 12.7. The number of benzene rings is 2. The van der Waals surface area contributed by atoms with Crippen LogP contribution in [0.5, 0.6) is 0 Å². The van der Waals surface area contributed by atoms with E-state index in [2.05, 4.69) is 59.9 Å². The summed E-state index contributed by atoms with van der Waals surface area (Å²) >= 11 is 3.60. The molecule has 0 saturated heterocycles. The molecule has 0 spiro atoms. The topological polar surface area (TPSA) is 26.0 Å². The second kappa shape index (κ2) is 4.49. The van der Waals surface area contributed by atoms with Gasteiger partial charge in [0.05, 0.1) is 4.47 Å². The molecule has 2 nitrogen and oxygen atoms in total. The monoisotopic (exact) mass is 315 g/mol. The molecule has 0 aliphatic carbocycles. The van der Waals surface area contributed by atoms with Crippen LogP contribution in [0.15, 0.2) is 39.2 Å².